The van der Waals surface area contributed by atoms with E-state index < -0.39 is 0 Å². The third kappa shape index (κ3) is 3.47. The Kier molecular flexibility index (Phi) is 4.52. The fourth-order valence-corrected chi connectivity index (χ4v) is 3.49. The minimum atomic E-state index is -0.311. The van der Waals surface area contributed by atoms with Crippen molar-refractivity contribution in [2.24, 2.45) is 0 Å². The lowest BCUT2D eigenvalue weighted by atomic mass is 10.1. The first kappa shape index (κ1) is 15.8. The standard InChI is InChI=1S/C17H24N4O2/c1-18(2)9-7-14-12-15(5-6-17(14)21(22)23)20-11-10-19-8-3-4-16(19)13-20/h5-7,9,12,16H,3-4,8,10-11,13H2,1-2H3/b9-7+. The van der Waals surface area contributed by atoms with Gasteiger partial charge in [0.05, 0.1) is 10.5 Å². The predicted octanol–water partition coefficient (Wildman–Crippen LogP) is 2.41. The zero-order chi connectivity index (χ0) is 16.4. The van der Waals surface area contributed by atoms with Crippen molar-refractivity contribution in [2.75, 3.05) is 45.2 Å². The number of piperazine rings is 1. The highest BCUT2D eigenvalue weighted by molar-refractivity contribution is 5.67. The van der Waals surface area contributed by atoms with Crippen LogP contribution >= 0.6 is 0 Å². The van der Waals surface area contributed by atoms with Crippen LogP contribution in [-0.2, 0) is 0 Å². The van der Waals surface area contributed by atoms with Crippen molar-refractivity contribution in [3.8, 4) is 0 Å². The van der Waals surface area contributed by atoms with Crippen LogP contribution in [0.5, 0.6) is 0 Å². The Morgan fingerprint density at radius 1 is 1.30 bits per heavy atom. The molecule has 1 aromatic rings. The fourth-order valence-electron chi connectivity index (χ4n) is 3.49. The van der Waals surface area contributed by atoms with E-state index >= 15 is 0 Å². The summed E-state index contributed by atoms with van der Waals surface area (Å²) in [5.41, 5.74) is 1.90. The molecule has 2 heterocycles. The molecule has 2 saturated heterocycles. The minimum absolute atomic E-state index is 0.159. The number of fused-ring (bicyclic) bond motifs is 1. The molecule has 1 aromatic carbocycles. The Hall–Kier alpha value is -2.08. The summed E-state index contributed by atoms with van der Waals surface area (Å²) >= 11 is 0. The average Bonchev–Trinajstić information content (AvgIpc) is 3.00. The maximum absolute atomic E-state index is 11.2. The van der Waals surface area contributed by atoms with Crippen LogP contribution in [0.2, 0.25) is 0 Å². The number of nitrogens with zero attached hydrogens (tertiary/aromatic N) is 4. The molecule has 0 radical (unpaired) electrons. The molecule has 6 nitrogen and oxygen atoms in total. The molecule has 0 bridgehead atoms. The zero-order valence-corrected chi connectivity index (χ0v) is 13.8. The van der Waals surface area contributed by atoms with Gasteiger partial charge < -0.3 is 9.80 Å². The quantitative estimate of drug-likeness (QED) is 0.631. The molecule has 0 amide bonds. The molecule has 6 heteroatoms. The molecule has 1 atom stereocenters. The first-order chi connectivity index (χ1) is 11.0. The smallest absolute Gasteiger partial charge is 0.276 e. The first-order valence-corrected chi connectivity index (χ1v) is 8.16. The molecule has 2 aliphatic rings. The van der Waals surface area contributed by atoms with Gasteiger partial charge in [0, 0.05) is 51.5 Å². The molecule has 124 valence electrons. The van der Waals surface area contributed by atoms with Crippen LogP contribution in [0.25, 0.3) is 6.08 Å². The third-order valence-electron chi connectivity index (χ3n) is 4.71. The molecule has 2 aliphatic heterocycles. The monoisotopic (exact) mass is 316 g/mol. The number of hydrogen-bond donors (Lipinski definition) is 0. The van der Waals surface area contributed by atoms with Crippen LogP contribution in [0, 0.1) is 10.1 Å². The molecule has 0 aliphatic carbocycles. The SMILES string of the molecule is CN(C)/C=C/c1cc(N2CCN3CCCC3C2)ccc1[N+](=O)[O-]. The second-order valence-electron chi connectivity index (χ2n) is 6.56. The van der Waals surface area contributed by atoms with Gasteiger partial charge in [-0.3, -0.25) is 15.0 Å². The predicted molar refractivity (Wildman–Crippen MR) is 92.6 cm³/mol. The summed E-state index contributed by atoms with van der Waals surface area (Å²) in [5.74, 6) is 0. The Labute approximate surface area is 137 Å². The molecule has 0 spiro atoms. The minimum Gasteiger partial charge on any atom is -0.383 e. The van der Waals surface area contributed by atoms with E-state index in [0.29, 0.717) is 11.6 Å². The summed E-state index contributed by atoms with van der Waals surface area (Å²) in [7, 11) is 3.82. The number of rotatable bonds is 4. The van der Waals surface area contributed by atoms with E-state index in [9.17, 15) is 10.1 Å². The third-order valence-corrected chi connectivity index (χ3v) is 4.71. The second-order valence-corrected chi connectivity index (χ2v) is 6.56. The van der Waals surface area contributed by atoms with Crippen molar-refractivity contribution < 1.29 is 4.92 Å². The summed E-state index contributed by atoms with van der Waals surface area (Å²) in [4.78, 5) is 17.7. The highest BCUT2D eigenvalue weighted by Gasteiger charge is 2.30. The van der Waals surface area contributed by atoms with Crippen LogP contribution in [0.3, 0.4) is 0 Å². The average molecular weight is 316 g/mol. The van der Waals surface area contributed by atoms with E-state index in [-0.39, 0.29) is 10.6 Å². The maximum atomic E-state index is 11.2. The molecule has 3 rings (SSSR count). The highest BCUT2D eigenvalue weighted by Crippen LogP contribution is 2.29. The van der Waals surface area contributed by atoms with E-state index in [0.717, 1.165) is 25.3 Å². The van der Waals surface area contributed by atoms with Crippen LogP contribution in [0.15, 0.2) is 24.4 Å². The summed E-state index contributed by atoms with van der Waals surface area (Å²) in [6.07, 6.45) is 6.21. The second kappa shape index (κ2) is 6.58. The Morgan fingerprint density at radius 3 is 2.87 bits per heavy atom. The van der Waals surface area contributed by atoms with Gasteiger partial charge in [0.2, 0.25) is 0 Å². The molecule has 0 saturated carbocycles. The van der Waals surface area contributed by atoms with Crippen LogP contribution in [0.4, 0.5) is 11.4 Å². The topological polar surface area (TPSA) is 52.9 Å². The number of benzene rings is 1. The fraction of sp³-hybridized carbons (Fsp3) is 0.529. The summed E-state index contributed by atoms with van der Waals surface area (Å²) in [6.45, 7) is 4.32. The van der Waals surface area contributed by atoms with E-state index in [1.165, 1.54) is 19.4 Å². The van der Waals surface area contributed by atoms with Gasteiger partial charge in [0.25, 0.3) is 5.69 Å². The summed E-state index contributed by atoms with van der Waals surface area (Å²) in [6, 6.07) is 6.10. The van der Waals surface area contributed by atoms with E-state index in [1.807, 2.05) is 43.4 Å². The lowest BCUT2D eigenvalue weighted by Gasteiger charge is -2.38. The number of anilines is 1. The number of nitro benzene ring substituents is 1. The highest BCUT2D eigenvalue weighted by atomic mass is 16.6. The van der Waals surface area contributed by atoms with Gasteiger partial charge in [-0.1, -0.05) is 0 Å². The van der Waals surface area contributed by atoms with Gasteiger partial charge in [0.1, 0.15) is 0 Å². The molecule has 23 heavy (non-hydrogen) atoms. The van der Waals surface area contributed by atoms with Crippen molar-refractivity contribution in [1.29, 1.82) is 0 Å². The van der Waals surface area contributed by atoms with Crippen molar-refractivity contribution in [3.63, 3.8) is 0 Å². The number of nitro groups is 1. The van der Waals surface area contributed by atoms with Crippen LogP contribution in [0.1, 0.15) is 18.4 Å². The molecule has 1 unspecified atom stereocenters. The summed E-state index contributed by atoms with van der Waals surface area (Å²) in [5, 5.41) is 11.2. The Balaban J connectivity index is 1.85. The van der Waals surface area contributed by atoms with Gasteiger partial charge in [0.15, 0.2) is 0 Å². The molecule has 0 N–H and O–H groups in total. The molecular formula is C17H24N4O2. The van der Waals surface area contributed by atoms with Gasteiger partial charge in [-0.2, -0.15) is 0 Å². The van der Waals surface area contributed by atoms with E-state index in [1.54, 1.807) is 6.07 Å². The van der Waals surface area contributed by atoms with Crippen LogP contribution in [-0.4, -0.2) is 61.0 Å². The van der Waals surface area contributed by atoms with Gasteiger partial charge in [-0.25, -0.2) is 0 Å². The van der Waals surface area contributed by atoms with Crippen LogP contribution < -0.4 is 4.90 Å². The maximum Gasteiger partial charge on any atom is 0.276 e. The van der Waals surface area contributed by atoms with Crippen molar-refractivity contribution in [1.82, 2.24) is 9.80 Å². The zero-order valence-electron chi connectivity index (χ0n) is 13.8. The lowest BCUT2D eigenvalue weighted by Crippen LogP contribution is -2.50. The first-order valence-electron chi connectivity index (χ1n) is 8.16. The number of hydrogen-bond acceptors (Lipinski definition) is 5. The van der Waals surface area contributed by atoms with Crippen molar-refractivity contribution in [2.45, 2.75) is 18.9 Å². The molecular weight excluding hydrogens is 292 g/mol. The normalized spacial score (nSPS) is 21.7. The summed E-state index contributed by atoms with van der Waals surface area (Å²) < 4.78 is 0. The van der Waals surface area contributed by atoms with Crippen molar-refractivity contribution in [3.05, 3.63) is 40.1 Å². The molecule has 2 fully saturated rings. The molecule has 0 aromatic heterocycles. The Morgan fingerprint density at radius 2 is 2.13 bits per heavy atom. The Bertz CT molecular complexity index is 615. The van der Waals surface area contributed by atoms with Gasteiger partial charge >= 0.3 is 0 Å². The largest absolute Gasteiger partial charge is 0.383 e. The van der Waals surface area contributed by atoms with Gasteiger partial charge in [-0.05, 0) is 43.8 Å². The van der Waals surface area contributed by atoms with Gasteiger partial charge in [-0.15, -0.1) is 0 Å². The lowest BCUT2D eigenvalue weighted by molar-refractivity contribution is -0.385. The van der Waals surface area contributed by atoms with E-state index in [4.69, 9.17) is 0 Å². The van der Waals surface area contributed by atoms with Crippen molar-refractivity contribution >= 4 is 17.5 Å². The van der Waals surface area contributed by atoms with E-state index in [2.05, 4.69) is 9.80 Å².